The molecule has 0 saturated carbocycles. The second kappa shape index (κ2) is 4.79. The Morgan fingerprint density at radius 3 is 2.76 bits per heavy atom. The minimum absolute atomic E-state index is 0.390. The lowest BCUT2D eigenvalue weighted by atomic mass is 9.78. The van der Waals surface area contributed by atoms with Gasteiger partial charge in [-0.3, -0.25) is 0 Å². The van der Waals surface area contributed by atoms with Gasteiger partial charge in [-0.1, -0.05) is 24.3 Å². The summed E-state index contributed by atoms with van der Waals surface area (Å²) in [6.07, 6.45) is 3.44. The van der Waals surface area contributed by atoms with Crippen LogP contribution in [0.2, 0.25) is 0 Å². The summed E-state index contributed by atoms with van der Waals surface area (Å²) in [5, 5.41) is 19.8. The van der Waals surface area contributed by atoms with E-state index in [9.17, 15) is 10.2 Å². The fraction of sp³-hybridized carbons (Fsp3) is 0.600. The van der Waals surface area contributed by atoms with E-state index in [1.54, 1.807) is 13.8 Å². The molecule has 0 aliphatic heterocycles. The van der Waals surface area contributed by atoms with Crippen molar-refractivity contribution in [2.45, 2.75) is 57.2 Å². The van der Waals surface area contributed by atoms with Gasteiger partial charge in [0.25, 0.3) is 0 Å². The lowest BCUT2D eigenvalue weighted by molar-refractivity contribution is -0.0548. The molecule has 0 bridgehead atoms. The van der Waals surface area contributed by atoms with Crippen LogP contribution in [0.15, 0.2) is 24.3 Å². The molecular weight excluding hydrogens is 212 g/mol. The molecule has 2 rings (SSSR count). The van der Waals surface area contributed by atoms with E-state index in [0.29, 0.717) is 12.3 Å². The topological polar surface area (TPSA) is 40.5 Å². The average molecular weight is 234 g/mol. The van der Waals surface area contributed by atoms with Crippen molar-refractivity contribution < 1.29 is 10.2 Å². The average Bonchev–Trinajstić information content (AvgIpc) is 2.28. The van der Waals surface area contributed by atoms with Crippen molar-refractivity contribution in [2.24, 2.45) is 0 Å². The summed E-state index contributed by atoms with van der Waals surface area (Å²) in [6.45, 7) is 3.35. The standard InChI is InChI=1S/C15H22O2/c1-15(2,17)14(16)10-12-8-5-7-11-6-3-4-9-13(11)12/h3-4,6,9,12,14,16-17H,5,7-8,10H2,1-2H3. The molecule has 94 valence electrons. The van der Waals surface area contributed by atoms with E-state index in [2.05, 4.69) is 24.3 Å². The van der Waals surface area contributed by atoms with Crippen LogP contribution in [0.4, 0.5) is 0 Å². The van der Waals surface area contributed by atoms with Gasteiger partial charge in [0.15, 0.2) is 0 Å². The maximum absolute atomic E-state index is 10.0. The van der Waals surface area contributed by atoms with Crippen LogP contribution in [0.25, 0.3) is 0 Å². The summed E-state index contributed by atoms with van der Waals surface area (Å²) in [7, 11) is 0. The second-order valence-corrected chi connectivity index (χ2v) is 5.69. The molecular formula is C15H22O2. The van der Waals surface area contributed by atoms with Gasteiger partial charge in [0.1, 0.15) is 0 Å². The molecule has 0 radical (unpaired) electrons. The number of aliphatic hydroxyl groups is 2. The maximum Gasteiger partial charge on any atom is 0.0849 e. The molecule has 0 fully saturated rings. The number of aryl methyl sites for hydroxylation is 1. The SMILES string of the molecule is CC(C)(O)C(O)CC1CCCc2ccccc21. The fourth-order valence-corrected chi connectivity index (χ4v) is 2.66. The zero-order chi connectivity index (χ0) is 12.5. The lowest BCUT2D eigenvalue weighted by Crippen LogP contribution is -2.37. The molecule has 1 aromatic rings. The maximum atomic E-state index is 10.0. The summed E-state index contributed by atoms with van der Waals surface area (Å²) in [5.74, 6) is 0.390. The number of benzene rings is 1. The predicted octanol–water partition coefficient (Wildman–Crippen LogP) is 2.63. The summed E-state index contributed by atoms with van der Waals surface area (Å²) < 4.78 is 0. The van der Waals surface area contributed by atoms with Gasteiger partial charge < -0.3 is 10.2 Å². The van der Waals surface area contributed by atoms with Gasteiger partial charge in [0.2, 0.25) is 0 Å². The first-order valence-corrected chi connectivity index (χ1v) is 6.46. The second-order valence-electron chi connectivity index (χ2n) is 5.69. The third-order valence-electron chi connectivity index (χ3n) is 3.82. The highest BCUT2D eigenvalue weighted by atomic mass is 16.3. The molecule has 0 aromatic heterocycles. The Balaban J connectivity index is 2.14. The minimum Gasteiger partial charge on any atom is -0.390 e. The van der Waals surface area contributed by atoms with Gasteiger partial charge in [-0.25, -0.2) is 0 Å². The fourth-order valence-electron chi connectivity index (χ4n) is 2.66. The first-order chi connectivity index (χ1) is 7.98. The molecule has 0 saturated heterocycles. The van der Waals surface area contributed by atoms with Gasteiger partial charge >= 0.3 is 0 Å². The Kier molecular flexibility index (Phi) is 3.55. The molecule has 2 unspecified atom stereocenters. The highest BCUT2D eigenvalue weighted by Gasteiger charge is 2.29. The van der Waals surface area contributed by atoms with E-state index in [0.717, 1.165) is 12.8 Å². The first-order valence-electron chi connectivity index (χ1n) is 6.46. The van der Waals surface area contributed by atoms with Crippen molar-refractivity contribution in [3.8, 4) is 0 Å². The van der Waals surface area contributed by atoms with Crippen LogP contribution >= 0.6 is 0 Å². The van der Waals surface area contributed by atoms with E-state index < -0.39 is 11.7 Å². The number of aliphatic hydroxyl groups excluding tert-OH is 1. The quantitative estimate of drug-likeness (QED) is 0.844. The van der Waals surface area contributed by atoms with Crippen molar-refractivity contribution in [1.29, 1.82) is 0 Å². The lowest BCUT2D eigenvalue weighted by Gasteiger charge is -2.31. The Morgan fingerprint density at radius 1 is 1.35 bits per heavy atom. The zero-order valence-corrected chi connectivity index (χ0v) is 10.7. The predicted molar refractivity (Wildman–Crippen MR) is 69.0 cm³/mol. The highest BCUT2D eigenvalue weighted by molar-refractivity contribution is 5.32. The Morgan fingerprint density at radius 2 is 2.06 bits per heavy atom. The number of fused-ring (bicyclic) bond motifs is 1. The summed E-state index contributed by atoms with van der Waals surface area (Å²) in [4.78, 5) is 0. The minimum atomic E-state index is -1.01. The largest absolute Gasteiger partial charge is 0.390 e. The van der Waals surface area contributed by atoms with Gasteiger partial charge in [-0.15, -0.1) is 0 Å². The van der Waals surface area contributed by atoms with Gasteiger partial charge in [0.05, 0.1) is 11.7 Å². The van der Waals surface area contributed by atoms with Crippen LogP contribution in [0.5, 0.6) is 0 Å². The van der Waals surface area contributed by atoms with E-state index in [4.69, 9.17) is 0 Å². The van der Waals surface area contributed by atoms with E-state index in [1.807, 2.05) is 0 Å². The van der Waals surface area contributed by atoms with E-state index in [1.165, 1.54) is 17.5 Å². The van der Waals surface area contributed by atoms with Crippen LogP contribution in [0, 0.1) is 0 Å². The van der Waals surface area contributed by atoms with Gasteiger partial charge in [-0.05, 0) is 56.6 Å². The van der Waals surface area contributed by atoms with E-state index in [-0.39, 0.29) is 0 Å². The van der Waals surface area contributed by atoms with Crippen molar-refractivity contribution in [1.82, 2.24) is 0 Å². The molecule has 0 heterocycles. The Bertz CT molecular complexity index is 379. The van der Waals surface area contributed by atoms with Gasteiger partial charge in [-0.2, -0.15) is 0 Å². The molecule has 2 atom stereocenters. The number of hydrogen-bond donors (Lipinski definition) is 2. The highest BCUT2D eigenvalue weighted by Crippen LogP contribution is 2.35. The normalized spacial score (nSPS) is 22.0. The molecule has 1 aliphatic rings. The first kappa shape index (κ1) is 12.6. The zero-order valence-electron chi connectivity index (χ0n) is 10.7. The Hall–Kier alpha value is -0.860. The van der Waals surface area contributed by atoms with E-state index >= 15 is 0 Å². The van der Waals surface area contributed by atoms with Crippen LogP contribution in [0.1, 0.15) is 50.2 Å². The van der Waals surface area contributed by atoms with Crippen molar-refractivity contribution in [3.05, 3.63) is 35.4 Å². The van der Waals surface area contributed by atoms with Crippen LogP contribution in [0.3, 0.4) is 0 Å². The molecule has 0 amide bonds. The molecule has 1 aliphatic carbocycles. The molecule has 0 spiro atoms. The monoisotopic (exact) mass is 234 g/mol. The third-order valence-corrected chi connectivity index (χ3v) is 3.82. The Labute approximate surface area is 103 Å². The summed E-state index contributed by atoms with van der Waals surface area (Å²) in [6, 6.07) is 8.48. The van der Waals surface area contributed by atoms with Crippen molar-refractivity contribution in [3.63, 3.8) is 0 Å². The van der Waals surface area contributed by atoms with Crippen LogP contribution in [-0.2, 0) is 6.42 Å². The van der Waals surface area contributed by atoms with Crippen LogP contribution < -0.4 is 0 Å². The molecule has 1 aromatic carbocycles. The number of hydrogen-bond acceptors (Lipinski definition) is 2. The summed E-state index contributed by atoms with van der Waals surface area (Å²) >= 11 is 0. The molecule has 2 nitrogen and oxygen atoms in total. The molecule has 2 heteroatoms. The molecule has 17 heavy (non-hydrogen) atoms. The summed E-state index contributed by atoms with van der Waals surface area (Å²) in [5.41, 5.74) is 1.76. The number of rotatable bonds is 3. The molecule has 2 N–H and O–H groups in total. The van der Waals surface area contributed by atoms with Crippen molar-refractivity contribution in [2.75, 3.05) is 0 Å². The third kappa shape index (κ3) is 2.88. The van der Waals surface area contributed by atoms with Crippen molar-refractivity contribution >= 4 is 0 Å². The van der Waals surface area contributed by atoms with Gasteiger partial charge in [0, 0.05) is 0 Å². The van der Waals surface area contributed by atoms with Crippen LogP contribution in [-0.4, -0.2) is 21.9 Å². The smallest absolute Gasteiger partial charge is 0.0849 e.